The molecule has 5 nitrogen and oxygen atoms in total. The Morgan fingerprint density at radius 2 is 1.37 bits per heavy atom. The zero-order valence-corrected chi connectivity index (χ0v) is 32.0. The highest BCUT2D eigenvalue weighted by atomic mass is 16.5. The van der Waals surface area contributed by atoms with E-state index in [1.165, 1.54) is 38.7 Å². The van der Waals surface area contributed by atoms with Crippen molar-refractivity contribution in [1.82, 2.24) is 9.55 Å². The maximum Gasteiger partial charge on any atom is 0.137 e. The molecule has 0 aliphatic rings. The molecule has 0 unspecified atom stereocenters. The number of aromatic nitrogens is 2. The Labute approximate surface area is 308 Å². The lowest BCUT2D eigenvalue weighted by molar-refractivity contribution is 0.483. The van der Waals surface area contributed by atoms with E-state index in [4.69, 9.17) is 9.72 Å². The minimum Gasteiger partial charge on any atom is -0.457 e. The van der Waals surface area contributed by atoms with Crippen LogP contribution in [0.4, 0.5) is 22.7 Å². The van der Waals surface area contributed by atoms with Gasteiger partial charge < -0.3 is 15.0 Å². The Balaban J connectivity index is 1.23. The summed E-state index contributed by atoms with van der Waals surface area (Å²) in [6.07, 6.45) is 1.92. The second-order valence-corrected chi connectivity index (χ2v) is 15.6. The van der Waals surface area contributed by atoms with Crippen molar-refractivity contribution in [3.05, 3.63) is 144 Å². The van der Waals surface area contributed by atoms with Crippen LogP contribution in [0.15, 0.2) is 121 Å². The van der Waals surface area contributed by atoms with E-state index < -0.39 is 0 Å². The number of rotatable bonds is 9. The molecule has 5 aromatic carbocycles. The highest BCUT2D eigenvalue weighted by Gasteiger charge is 2.20. The van der Waals surface area contributed by atoms with Crippen molar-refractivity contribution in [3.63, 3.8) is 0 Å². The molecule has 0 spiro atoms. The Morgan fingerprint density at radius 1 is 0.692 bits per heavy atom. The van der Waals surface area contributed by atoms with E-state index in [9.17, 15) is 0 Å². The fraction of sp³-hybridized carbons (Fsp3) is 0.255. The second-order valence-electron chi connectivity index (χ2n) is 15.6. The van der Waals surface area contributed by atoms with Gasteiger partial charge in [0.05, 0.1) is 22.4 Å². The third kappa shape index (κ3) is 6.76. The van der Waals surface area contributed by atoms with Gasteiger partial charge in [0.25, 0.3) is 0 Å². The van der Waals surface area contributed by atoms with Crippen molar-refractivity contribution in [2.24, 2.45) is 0 Å². The number of pyridine rings is 1. The zero-order valence-electron chi connectivity index (χ0n) is 32.0. The summed E-state index contributed by atoms with van der Waals surface area (Å²) in [6.45, 7) is 18.0. The number of para-hydroxylation sites is 3. The summed E-state index contributed by atoms with van der Waals surface area (Å²) < 4.78 is 8.88. The van der Waals surface area contributed by atoms with Crippen molar-refractivity contribution in [2.45, 2.75) is 72.6 Å². The average Bonchev–Trinajstić information content (AvgIpc) is 3.45. The fourth-order valence-electron chi connectivity index (χ4n) is 7.20. The molecule has 7 aromatic rings. The number of aryl methyl sites for hydroxylation is 1. The third-order valence-electron chi connectivity index (χ3n) is 10.0. The molecule has 264 valence electrons. The van der Waals surface area contributed by atoms with Crippen LogP contribution in [0, 0.1) is 6.92 Å². The van der Waals surface area contributed by atoms with E-state index in [-0.39, 0.29) is 5.41 Å². The van der Waals surface area contributed by atoms with Gasteiger partial charge in [-0.15, -0.1) is 0 Å². The number of hydrogen-bond donors (Lipinski definition) is 1. The van der Waals surface area contributed by atoms with Crippen LogP contribution in [-0.2, 0) is 5.41 Å². The summed E-state index contributed by atoms with van der Waals surface area (Å²) in [4.78, 5) is 7.07. The van der Waals surface area contributed by atoms with Gasteiger partial charge in [-0.25, -0.2) is 4.98 Å². The lowest BCUT2D eigenvalue weighted by Crippen LogP contribution is -2.12. The van der Waals surface area contributed by atoms with Crippen LogP contribution in [0.3, 0.4) is 0 Å². The number of nitrogens with one attached hydrogen (secondary N) is 1. The molecule has 1 N–H and O–H groups in total. The van der Waals surface area contributed by atoms with Crippen molar-refractivity contribution in [1.29, 1.82) is 0 Å². The number of nitrogens with zero attached hydrogens (tertiary/aromatic N) is 3. The Kier molecular flexibility index (Phi) is 9.31. The van der Waals surface area contributed by atoms with Crippen LogP contribution in [-0.4, -0.2) is 16.6 Å². The van der Waals surface area contributed by atoms with Crippen molar-refractivity contribution in [2.75, 3.05) is 17.3 Å². The topological polar surface area (TPSA) is 42.3 Å². The summed E-state index contributed by atoms with van der Waals surface area (Å²) in [7, 11) is 2.12. The molecule has 5 heteroatoms. The van der Waals surface area contributed by atoms with Gasteiger partial charge in [-0.05, 0) is 95.5 Å². The highest BCUT2D eigenvalue weighted by Crippen LogP contribution is 2.41. The molecule has 0 fully saturated rings. The molecule has 2 aromatic heterocycles. The van der Waals surface area contributed by atoms with Crippen LogP contribution in [0.2, 0.25) is 0 Å². The Hall–Kier alpha value is -5.55. The van der Waals surface area contributed by atoms with E-state index >= 15 is 0 Å². The molecule has 2 heterocycles. The van der Waals surface area contributed by atoms with E-state index in [0.29, 0.717) is 11.8 Å². The van der Waals surface area contributed by atoms with Gasteiger partial charge in [-0.1, -0.05) is 103 Å². The zero-order chi connectivity index (χ0) is 36.7. The van der Waals surface area contributed by atoms with Gasteiger partial charge in [0, 0.05) is 47.5 Å². The summed E-state index contributed by atoms with van der Waals surface area (Å²) >= 11 is 0. The molecular weight excluding hydrogens is 637 g/mol. The number of anilines is 4. The van der Waals surface area contributed by atoms with E-state index in [1.54, 1.807) is 0 Å². The molecule has 52 heavy (non-hydrogen) atoms. The first-order chi connectivity index (χ1) is 24.9. The van der Waals surface area contributed by atoms with Gasteiger partial charge >= 0.3 is 0 Å². The highest BCUT2D eigenvalue weighted by molar-refractivity contribution is 6.09. The maximum atomic E-state index is 6.62. The normalized spacial score (nSPS) is 11.9. The monoisotopic (exact) mass is 686 g/mol. The number of fused-ring (bicyclic) bond motifs is 3. The molecule has 0 amide bonds. The van der Waals surface area contributed by atoms with Gasteiger partial charge in [0.15, 0.2) is 0 Å². The number of ether oxygens (including phenoxy) is 1. The Bertz CT molecular complexity index is 2370. The minimum atomic E-state index is 0.00813. The van der Waals surface area contributed by atoms with E-state index in [1.807, 2.05) is 12.3 Å². The molecular formula is C47H50N4O. The standard InChI is InChI=1S/C47H50N4O/c1-30(2)39-25-32(5)26-40(31(3)4)46(39)49-41-18-11-13-20-43(41)50(9)34-15-14-16-35(28-34)52-36-21-22-38-37-17-10-12-19-42(37)51(44(38)29-36)45-27-33(23-24-48-45)47(6,7)8/h10-31,49H,1-9H3. The van der Waals surface area contributed by atoms with E-state index in [0.717, 1.165) is 45.4 Å². The fourth-order valence-corrected chi connectivity index (χ4v) is 7.20. The second kappa shape index (κ2) is 13.9. The smallest absolute Gasteiger partial charge is 0.137 e. The van der Waals surface area contributed by atoms with Crippen molar-refractivity contribution in [3.8, 4) is 17.3 Å². The average molecular weight is 687 g/mol. The quantitative estimate of drug-likeness (QED) is 0.164. The first-order valence-corrected chi connectivity index (χ1v) is 18.4. The minimum absolute atomic E-state index is 0.00813. The van der Waals surface area contributed by atoms with Gasteiger partial charge in [-0.2, -0.15) is 0 Å². The van der Waals surface area contributed by atoms with Crippen LogP contribution < -0.4 is 15.0 Å². The first-order valence-electron chi connectivity index (χ1n) is 18.4. The summed E-state index contributed by atoms with van der Waals surface area (Å²) in [5.74, 6) is 3.23. The van der Waals surface area contributed by atoms with Crippen LogP contribution in [0.25, 0.3) is 27.6 Å². The predicted octanol–water partition coefficient (Wildman–Crippen LogP) is 13.3. The molecule has 0 radical (unpaired) electrons. The maximum absolute atomic E-state index is 6.62. The van der Waals surface area contributed by atoms with E-state index in [2.05, 4.69) is 186 Å². The molecule has 0 aliphatic heterocycles. The van der Waals surface area contributed by atoms with Crippen molar-refractivity contribution >= 4 is 44.6 Å². The SMILES string of the molecule is Cc1cc(C(C)C)c(Nc2ccccc2N(C)c2cccc(Oc3ccc4c5ccccc5n(-c5cc(C(C)(C)C)ccn5)c4c3)c2)c(C(C)C)c1. The molecule has 7 rings (SSSR count). The molecule has 0 bridgehead atoms. The molecule has 0 saturated heterocycles. The number of benzene rings is 5. The van der Waals surface area contributed by atoms with Gasteiger partial charge in [0.1, 0.15) is 17.3 Å². The van der Waals surface area contributed by atoms with Crippen LogP contribution in [0.1, 0.15) is 82.6 Å². The lowest BCUT2D eigenvalue weighted by Gasteiger charge is -2.27. The molecule has 0 atom stereocenters. The summed E-state index contributed by atoms with van der Waals surface area (Å²) in [5, 5.41) is 6.24. The number of hydrogen-bond acceptors (Lipinski definition) is 4. The lowest BCUT2D eigenvalue weighted by atomic mass is 9.88. The third-order valence-corrected chi connectivity index (χ3v) is 10.0. The van der Waals surface area contributed by atoms with Crippen molar-refractivity contribution < 1.29 is 4.74 Å². The molecule has 0 aliphatic carbocycles. The van der Waals surface area contributed by atoms with Gasteiger partial charge in [-0.3, -0.25) is 4.57 Å². The molecule has 0 saturated carbocycles. The predicted molar refractivity (Wildman–Crippen MR) is 221 cm³/mol. The largest absolute Gasteiger partial charge is 0.457 e. The van der Waals surface area contributed by atoms with Crippen LogP contribution >= 0.6 is 0 Å². The van der Waals surface area contributed by atoms with Gasteiger partial charge in [0.2, 0.25) is 0 Å². The Morgan fingerprint density at radius 3 is 2.10 bits per heavy atom. The summed E-state index contributed by atoms with van der Waals surface area (Å²) in [5.41, 5.74) is 11.8. The first kappa shape index (κ1) is 34.9. The summed E-state index contributed by atoms with van der Waals surface area (Å²) in [6, 6.07) is 40.7. The van der Waals surface area contributed by atoms with Crippen LogP contribution in [0.5, 0.6) is 11.5 Å².